The van der Waals surface area contributed by atoms with E-state index < -0.39 is 11.7 Å². The number of aryl methyl sites for hydroxylation is 1. The number of benzene rings is 2. The van der Waals surface area contributed by atoms with E-state index in [1.807, 2.05) is 19.1 Å². The molecule has 1 atom stereocenters. The smallest absolute Gasteiger partial charge is 0.350 e. The number of amidine groups is 1. The zero-order valence-electron chi connectivity index (χ0n) is 19.6. The van der Waals surface area contributed by atoms with Crippen LogP contribution in [0.4, 0.5) is 5.69 Å². The number of rotatable bonds is 9. The highest BCUT2D eigenvalue weighted by Crippen LogP contribution is 2.37. The molecule has 0 aliphatic rings. The summed E-state index contributed by atoms with van der Waals surface area (Å²) < 4.78 is 12.3. The molecule has 0 aliphatic carbocycles. The van der Waals surface area contributed by atoms with E-state index >= 15 is 0 Å². The van der Waals surface area contributed by atoms with Crippen LogP contribution in [0.3, 0.4) is 0 Å². The van der Waals surface area contributed by atoms with Gasteiger partial charge in [0.05, 0.1) is 14.2 Å². The van der Waals surface area contributed by atoms with E-state index in [-0.39, 0.29) is 11.8 Å². The molecule has 0 fully saturated rings. The number of nitrogens with one attached hydrogen (secondary N) is 3. The highest BCUT2D eigenvalue weighted by molar-refractivity contribution is 5.95. The second-order valence-corrected chi connectivity index (χ2v) is 7.61. The molecular formula is C24H26N8O3. The minimum absolute atomic E-state index is 0.0217. The Bertz CT molecular complexity index is 1360. The van der Waals surface area contributed by atoms with Crippen molar-refractivity contribution in [1.29, 1.82) is 5.41 Å². The molecule has 0 bridgehead atoms. The molecule has 5 N–H and O–H groups in total. The molecular weight excluding hydrogens is 448 g/mol. The van der Waals surface area contributed by atoms with Crippen molar-refractivity contribution in [3.63, 3.8) is 0 Å². The van der Waals surface area contributed by atoms with Crippen molar-refractivity contribution in [3.05, 3.63) is 87.9 Å². The Morgan fingerprint density at radius 2 is 1.89 bits per heavy atom. The summed E-state index contributed by atoms with van der Waals surface area (Å²) in [5.74, 6) is 1.71. The summed E-state index contributed by atoms with van der Waals surface area (Å²) in [6.07, 6.45) is 3.78. The summed E-state index contributed by atoms with van der Waals surface area (Å²) in [6.45, 7) is 2.02. The topological polar surface area (TPSA) is 157 Å². The minimum Gasteiger partial charge on any atom is -0.493 e. The van der Waals surface area contributed by atoms with Gasteiger partial charge in [-0.05, 0) is 60.0 Å². The van der Waals surface area contributed by atoms with E-state index in [9.17, 15) is 4.79 Å². The van der Waals surface area contributed by atoms with Crippen molar-refractivity contribution >= 4 is 11.5 Å². The van der Waals surface area contributed by atoms with Gasteiger partial charge in [0.25, 0.3) is 5.95 Å². The van der Waals surface area contributed by atoms with Crippen LogP contribution in [0, 0.1) is 5.41 Å². The molecule has 0 spiro atoms. The Labute approximate surface area is 201 Å². The van der Waals surface area contributed by atoms with Gasteiger partial charge in [0.2, 0.25) is 0 Å². The van der Waals surface area contributed by atoms with Crippen LogP contribution in [0.1, 0.15) is 35.5 Å². The maximum Gasteiger partial charge on any atom is 0.350 e. The third-order valence-electron chi connectivity index (χ3n) is 5.45. The summed E-state index contributed by atoms with van der Waals surface area (Å²) >= 11 is 0. The number of nitrogen functional groups attached to an aromatic ring is 1. The van der Waals surface area contributed by atoms with Gasteiger partial charge in [-0.15, -0.1) is 9.78 Å². The maximum atomic E-state index is 12.7. The van der Waals surface area contributed by atoms with Crippen LogP contribution in [0.2, 0.25) is 0 Å². The molecule has 2 aromatic carbocycles. The molecule has 0 radical (unpaired) electrons. The number of hydrogen-bond acceptors (Lipinski definition) is 8. The number of anilines is 1. The summed E-state index contributed by atoms with van der Waals surface area (Å²) in [4.78, 5) is 23.8. The Kier molecular flexibility index (Phi) is 6.76. The van der Waals surface area contributed by atoms with Gasteiger partial charge in [-0.3, -0.25) is 10.4 Å². The molecule has 35 heavy (non-hydrogen) atoms. The summed E-state index contributed by atoms with van der Waals surface area (Å²) in [5.41, 5.74) is 8.19. The molecule has 0 aliphatic heterocycles. The fourth-order valence-corrected chi connectivity index (χ4v) is 3.73. The van der Waals surface area contributed by atoms with Crippen LogP contribution in [0.15, 0.2) is 59.7 Å². The molecule has 180 valence electrons. The average Bonchev–Trinajstić information content (AvgIpc) is 3.28. The maximum absolute atomic E-state index is 12.7. The SMILES string of the molecule is CCc1cc(C(Nc2ccc(C(=N)N)cc2)c2nn(-c3ncccn3)c(=O)[nH]2)cc(OC)c1OC. The van der Waals surface area contributed by atoms with Gasteiger partial charge >= 0.3 is 5.69 Å². The van der Waals surface area contributed by atoms with E-state index in [1.165, 1.54) is 12.4 Å². The molecule has 1 unspecified atom stereocenters. The van der Waals surface area contributed by atoms with Crippen LogP contribution in [-0.4, -0.2) is 44.8 Å². The minimum atomic E-state index is -0.569. The Hall–Kier alpha value is -4.67. The Morgan fingerprint density at radius 1 is 1.17 bits per heavy atom. The van der Waals surface area contributed by atoms with Gasteiger partial charge in [0.15, 0.2) is 17.3 Å². The molecule has 4 aromatic rings. The highest BCUT2D eigenvalue weighted by Gasteiger charge is 2.24. The zero-order chi connectivity index (χ0) is 24.9. The zero-order valence-corrected chi connectivity index (χ0v) is 19.6. The number of methoxy groups -OCH3 is 2. The molecule has 4 rings (SSSR count). The van der Waals surface area contributed by atoms with Crippen molar-refractivity contribution in [3.8, 4) is 17.4 Å². The number of H-pyrrole nitrogens is 1. The molecule has 0 saturated carbocycles. The van der Waals surface area contributed by atoms with E-state index in [4.69, 9.17) is 20.6 Å². The predicted molar refractivity (Wildman–Crippen MR) is 132 cm³/mol. The summed E-state index contributed by atoms with van der Waals surface area (Å²) in [6, 6.07) is 12.0. The molecule has 0 amide bonds. The van der Waals surface area contributed by atoms with Crippen LogP contribution < -0.4 is 26.2 Å². The van der Waals surface area contributed by atoms with Crippen molar-refractivity contribution in [2.24, 2.45) is 5.73 Å². The first kappa shape index (κ1) is 23.5. The number of ether oxygens (including phenoxy) is 2. The van der Waals surface area contributed by atoms with Gasteiger partial charge in [-0.25, -0.2) is 14.8 Å². The van der Waals surface area contributed by atoms with E-state index in [1.54, 1.807) is 44.6 Å². The number of hydrogen-bond donors (Lipinski definition) is 4. The largest absolute Gasteiger partial charge is 0.493 e. The van der Waals surface area contributed by atoms with Crippen LogP contribution in [0.5, 0.6) is 11.5 Å². The fraction of sp³-hybridized carbons (Fsp3) is 0.208. The van der Waals surface area contributed by atoms with Gasteiger partial charge in [0.1, 0.15) is 11.9 Å². The first-order valence-electron chi connectivity index (χ1n) is 10.9. The molecule has 11 nitrogen and oxygen atoms in total. The van der Waals surface area contributed by atoms with Crippen molar-refractivity contribution in [2.75, 3.05) is 19.5 Å². The standard InChI is InChI=1S/C24H26N8O3/c1-4-14-12-16(13-18(34-2)20(14)35-3)19(29-17-8-6-15(7-9-17)21(25)26)22-30-24(33)32(31-22)23-27-10-5-11-28-23/h5-13,19,29H,4H2,1-3H3,(H3,25,26)(H,30,31,33). The third-order valence-corrected chi connectivity index (χ3v) is 5.45. The second kappa shape index (κ2) is 10.1. The van der Waals surface area contributed by atoms with Gasteiger partial charge in [-0.2, -0.15) is 0 Å². The number of aromatic nitrogens is 5. The number of aromatic amines is 1. The van der Waals surface area contributed by atoms with Crippen LogP contribution in [-0.2, 0) is 6.42 Å². The van der Waals surface area contributed by atoms with Crippen LogP contribution in [0.25, 0.3) is 5.95 Å². The highest BCUT2D eigenvalue weighted by atomic mass is 16.5. The molecule has 2 aromatic heterocycles. The number of nitrogens with two attached hydrogens (primary N) is 1. The van der Waals surface area contributed by atoms with Gasteiger partial charge in [-0.1, -0.05) is 6.92 Å². The quantitative estimate of drug-likeness (QED) is 0.213. The lowest BCUT2D eigenvalue weighted by Crippen LogP contribution is -2.18. The first-order valence-corrected chi connectivity index (χ1v) is 10.9. The van der Waals surface area contributed by atoms with E-state index in [2.05, 4.69) is 25.4 Å². The van der Waals surface area contributed by atoms with Crippen molar-refractivity contribution < 1.29 is 9.47 Å². The Morgan fingerprint density at radius 3 is 2.49 bits per heavy atom. The third kappa shape index (κ3) is 4.83. The lowest BCUT2D eigenvalue weighted by Gasteiger charge is -2.21. The van der Waals surface area contributed by atoms with Crippen molar-refractivity contribution in [2.45, 2.75) is 19.4 Å². The summed E-state index contributed by atoms with van der Waals surface area (Å²) in [7, 11) is 3.18. The fourth-order valence-electron chi connectivity index (χ4n) is 3.73. The van der Waals surface area contributed by atoms with E-state index in [0.717, 1.165) is 21.5 Å². The normalized spacial score (nSPS) is 11.6. The van der Waals surface area contributed by atoms with Crippen LogP contribution >= 0.6 is 0 Å². The molecule has 2 heterocycles. The molecule has 11 heteroatoms. The van der Waals surface area contributed by atoms with Crippen molar-refractivity contribution in [1.82, 2.24) is 24.7 Å². The molecule has 0 saturated heterocycles. The number of nitrogens with zero attached hydrogens (tertiary/aromatic N) is 4. The first-order chi connectivity index (χ1) is 16.9. The monoisotopic (exact) mass is 474 g/mol. The van der Waals surface area contributed by atoms with Gasteiger partial charge in [0, 0.05) is 23.6 Å². The van der Waals surface area contributed by atoms with E-state index in [0.29, 0.717) is 29.3 Å². The summed E-state index contributed by atoms with van der Waals surface area (Å²) in [5, 5.41) is 15.5. The Balaban J connectivity index is 1.83. The average molecular weight is 475 g/mol. The second-order valence-electron chi connectivity index (χ2n) is 7.61. The predicted octanol–water partition coefficient (Wildman–Crippen LogP) is 2.42. The van der Waals surface area contributed by atoms with Gasteiger partial charge < -0.3 is 20.5 Å². The lowest BCUT2D eigenvalue weighted by atomic mass is 10.00. The lowest BCUT2D eigenvalue weighted by molar-refractivity contribution is 0.351.